The Labute approximate surface area is 61.1 Å². The molecule has 0 aliphatic heterocycles. The molecule has 0 fully saturated rings. The Morgan fingerprint density at radius 2 is 2.30 bits per heavy atom. The van der Waals surface area contributed by atoms with Gasteiger partial charge in [-0.15, -0.1) is 0 Å². The zero-order chi connectivity index (χ0) is 7.82. The van der Waals surface area contributed by atoms with Crippen LogP contribution in [0.15, 0.2) is 30.0 Å². The Kier molecular flexibility index (Phi) is 5.38. The fourth-order valence-corrected chi connectivity index (χ4v) is 0.567. The molecule has 0 saturated carbocycles. The van der Waals surface area contributed by atoms with E-state index in [0.29, 0.717) is 6.54 Å². The number of allylic oxidation sites excluding steroid dienone is 1. The van der Waals surface area contributed by atoms with E-state index in [-0.39, 0.29) is 0 Å². The third-order valence-electron chi connectivity index (χ3n) is 0.946. The zero-order valence-electron chi connectivity index (χ0n) is 5.96. The van der Waals surface area contributed by atoms with E-state index >= 15 is 0 Å². The van der Waals surface area contributed by atoms with Crippen LogP contribution in [-0.2, 0) is 0 Å². The first-order chi connectivity index (χ1) is 4.85. The number of nitrogens with two attached hydrogens (primary N) is 2. The number of hydrogen-bond donors (Lipinski definition) is 2. The molecule has 3 nitrogen and oxygen atoms in total. The van der Waals surface area contributed by atoms with Crippen LogP contribution in [0.1, 0.15) is 6.42 Å². The highest BCUT2D eigenvalue weighted by Crippen LogP contribution is 1.87. The molecule has 0 atom stereocenters. The van der Waals surface area contributed by atoms with Crippen LogP contribution in [0.5, 0.6) is 0 Å². The Bertz CT molecular complexity index is 147. The van der Waals surface area contributed by atoms with Crippen LogP contribution in [0.2, 0.25) is 0 Å². The van der Waals surface area contributed by atoms with Gasteiger partial charge in [0.1, 0.15) is 0 Å². The van der Waals surface area contributed by atoms with E-state index in [1.807, 2.05) is 0 Å². The molecule has 10 heavy (non-hydrogen) atoms. The lowest BCUT2D eigenvalue weighted by atomic mass is 10.2. The molecule has 0 aliphatic rings. The minimum absolute atomic E-state index is 0.580. The average molecular weight is 139 g/mol. The highest BCUT2D eigenvalue weighted by molar-refractivity contribution is 5.95. The number of nitrogens with zero attached hydrogens (tertiary/aromatic N) is 1. The summed E-state index contributed by atoms with van der Waals surface area (Å²) in [4.78, 5) is 3.94. The lowest BCUT2D eigenvalue weighted by Gasteiger charge is -1.93. The van der Waals surface area contributed by atoms with Crippen molar-refractivity contribution in [3.63, 3.8) is 0 Å². The monoisotopic (exact) mass is 139 g/mol. The minimum Gasteiger partial charge on any atom is -0.405 e. The average Bonchev–Trinajstić information content (AvgIpc) is 1.90. The molecule has 0 bridgehead atoms. The zero-order valence-corrected chi connectivity index (χ0v) is 5.96. The molecule has 0 radical (unpaired) electrons. The van der Waals surface area contributed by atoms with Gasteiger partial charge in [-0.25, -0.2) is 0 Å². The van der Waals surface area contributed by atoms with Gasteiger partial charge in [-0.3, -0.25) is 4.99 Å². The molecule has 0 amide bonds. The van der Waals surface area contributed by atoms with Gasteiger partial charge in [0.2, 0.25) is 0 Å². The van der Waals surface area contributed by atoms with E-state index in [4.69, 9.17) is 11.5 Å². The second-order valence-electron chi connectivity index (χ2n) is 1.70. The molecule has 0 aromatic heterocycles. The van der Waals surface area contributed by atoms with Crippen LogP contribution in [0.25, 0.3) is 0 Å². The summed E-state index contributed by atoms with van der Waals surface area (Å²) in [6, 6.07) is 0. The van der Waals surface area contributed by atoms with Gasteiger partial charge in [0, 0.05) is 18.3 Å². The second kappa shape index (κ2) is 6.04. The molecule has 0 unspecified atom stereocenters. The number of aliphatic imine (C=N–C) groups is 1. The van der Waals surface area contributed by atoms with Crippen LogP contribution in [-0.4, -0.2) is 12.3 Å². The van der Waals surface area contributed by atoms with E-state index in [9.17, 15) is 0 Å². The van der Waals surface area contributed by atoms with Crippen molar-refractivity contribution < 1.29 is 0 Å². The van der Waals surface area contributed by atoms with Crippen molar-refractivity contribution in [1.82, 2.24) is 0 Å². The van der Waals surface area contributed by atoms with E-state index in [0.717, 1.165) is 12.1 Å². The fourth-order valence-electron chi connectivity index (χ4n) is 0.567. The summed E-state index contributed by atoms with van der Waals surface area (Å²) in [5.74, 6) is 0. The highest BCUT2D eigenvalue weighted by atomic mass is 14.7. The highest BCUT2D eigenvalue weighted by Gasteiger charge is 1.88. The quantitative estimate of drug-likeness (QED) is 0.553. The van der Waals surface area contributed by atoms with Crippen molar-refractivity contribution >= 4 is 5.71 Å². The first kappa shape index (κ1) is 8.91. The Morgan fingerprint density at radius 1 is 1.60 bits per heavy atom. The standard InChI is InChI=1S/C7H13N3/c1-2-10-7(3-5-8)4-6-9/h2-3,5H,1,4,6,8-9H2/b5-3-,10-7+. The molecule has 0 saturated heterocycles. The molecule has 0 aromatic carbocycles. The van der Waals surface area contributed by atoms with Gasteiger partial charge in [-0.05, 0) is 18.8 Å². The molecule has 3 heteroatoms. The third kappa shape index (κ3) is 3.86. The van der Waals surface area contributed by atoms with E-state index in [1.165, 1.54) is 12.4 Å². The second-order valence-corrected chi connectivity index (χ2v) is 1.70. The lowest BCUT2D eigenvalue weighted by molar-refractivity contribution is 1.04. The maximum atomic E-state index is 5.30. The maximum Gasteiger partial charge on any atom is 0.0430 e. The molecule has 0 heterocycles. The van der Waals surface area contributed by atoms with Crippen molar-refractivity contribution in [2.45, 2.75) is 6.42 Å². The van der Waals surface area contributed by atoms with E-state index in [1.54, 1.807) is 6.08 Å². The van der Waals surface area contributed by atoms with Crippen molar-refractivity contribution in [3.05, 3.63) is 25.1 Å². The maximum absolute atomic E-state index is 5.30. The van der Waals surface area contributed by atoms with Crippen LogP contribution in [0.4, 0.5) is 0 Å². The Hall–Kier alpha value is -1.09. The summed E-state index contributed by atoms with van der Waals surface area (Å²) >= 11 is 0. The normalized spacial score (nSPS) is 12.3. The molecule has 4 N–H and O–H groups in total. The predicted molar refractivity (Wildman–Crippen MR) is 44.6 cm³/mol. The summed E-state index contributed by atoms with van der Waals surface area (Å²) in [7, 11) is 0. The molecule has 0 spiro atoms. The van der Waals surface area contributed by atoms with Gasteiger partial charge in [-0.2, -0.15) is 0 Å². The Morgan fingerprint density at radius 3 is 2.70 bits per heavy atom. The summed E-state index contributed by atoms with van der Waals surface area (Å²) in [5.41, 5.74) is 11.3. The molecular formula is C7H13N3. The van der Waals surface area contributed by atoms with Crippen LogP contribution in [0.3, 0.4) is 0 Å². The van der Waals surface area contributed by atoms with Crippen molar-refractivity contribution in [2.24, 2.45) is 16.5 Å². The lowest BCUT2D eigenvalue weighted by Crippen LogP contribution is -2.05. The summed E-state index contributed by atoms with van der Waals surface area (Å²) in [5, 5.41) is 0. The van der Waals surface area contributed by atoms with Crippen molar-refractivity contribution in [3.8, 4) is 0 Å². The van der Waals surface area contributed by atoms with Gasteiger partial charge >= 0.3 is 0 Å². The minimum atomic E-state index is 0.580. The van der Waals surface area contributed by atoms with Gasteiger partial charge < -0.3 is 11.5 Å². The fraction of sp³-hybridized carbons (Fsp3) is 0.286. The van der Waals surface area contributed by atoms with Gasteiger partial charge in [0.15, 0.2) is 0 Å². The van der Waals surface area contributed by atoms with E-state index in [2.05, 4.69) is 11.6 Å². The first-order valence-corrected chi connectivity index (χ1v) is 3.11. The van der Waals surface area contributed by atoms with Crippen molar-refractivity contribution in [2.75, 3.05) is 6.54 Å². The molecular weight excluding hydrogens is 126 g/mol. The largest absolute Gasteiger partial charge is 0.405 e. The van der Waals surface area contributed by atoms with Crippen LogP contribution in [0, 0.1) is 0 Å². The molecule has 0 aromatic rings. The molecule has 0 rings (SSSR count). The summed E-state index contributed by atoms with van der Waals surface area (Å²) in [6.07, 6.45) is 5.37. The van der Waals surface area contributed by atoms with Crippen molar-refractivity contribution in [1.29, 1.82) is 0 Å². The topological polar surface area (TPSA) is 64.4 Å². The number of hydrogen-bond acceptors (Lipinski definition) is 3. The smallest absolute Gasteiger partial charge is 0.0430 e. The Balaban J connectivity index is 3.96. The van der Waals surface area contributed by atoms with Gasteiger partial charge in [-0.1, -0.05) is 6.58 Å². The first-order valence-electron chi connectivity index (χ1n) is 3.11. The van der Waals surface area contributed by atoms with Crippen LogP contribution >= 0.6 is 0 Å². The predicted octanol–water partition coefficient (Wildman–Crippen LogP) is 0.392. The summed E-state index contributed by atoms with van der Waals surface area (Å²) in [6.45, 7) is 4.04. The van der Waals surface area contributed by atoms with Gasteiger partial charge in [0.25, 0.3) is 0 Å². The molecule has 56 valence electrons. The third-order valence-corrected chi connectivity index (χ3v) is 0.946. The molecule has 0 aliphatic carbocycles. The SMILES string of the molecule is C=C/N=C(\C=C/N)CCN. The summed E-state index contributed by atoms with van der Waals surface area (Å²) < 4.78 is 0. The van der Waals surface area contributed by atoms with E-state index < -0.39 is 0 Å². The van der Waals surface area contributed by atoms with Gasteiger partial charge in [0.05, 0.1) is 0 Å². The van der Waals surface area contributed by atoms with Crippen LogP contribution < -0.4 is 11.5 Å². The number of rotatable bonds is 4.